The number of H-pyrrole nitrogens is 3. The molecule has 0 spiro atoms. The first-order chi connectivity index (χ1) is 40.6. The third-order valence-corrected chi connectivity index (χ3v) is 16.9. The Morgan fingerprint density at radius 3 is 1.15 bits per heavy atom. The van der Waals surface area contributed by atoms with Crippen molar-refractivity contribution < 1.29 is 38.4 Å². The van der Waals surface area contributed by atoms with Gasteiger partial charge in [-0.15, -0.1) is 0 Å². The van der Waals surface area contributed by atoms with Gasteiger partial charge in [0.1, 0.15) is 34.9 Å². The maximum Gasteiger partial charge on any atom is 0.238 e. The maximum atomic E-state index is 13.8. The average Bonchev–Trinajstić information content (AvgIpc) is 4.02. The van der Waals surface area contributed by atoms with Gasteiger partial charge in [-0.25, -0.2) is 68.8 Å². The van der Waals surface area contributed by atoms with Crippen LogP contribution in [0.1, 0.15) is 39.7 Å². The Morgan fingerprint density at radius 1 is 0.376 bits per heavy atom. The molecule has 15 nitrogen and oxygen atoms in total. The van der Waals surface area contributed by atoms with Crippen LogP contribution in [0.4, 0.5) is 13.2 Å². The minimum atomic E-state index is -3.83. The van der Waals surface area contributed by atoms with E-state index >= 15 is 0 Å². The van der Waals surface area contributed by atoms with Crippen LogP contribution in [0, 0.1) is 24.4 Å². The highest BCUT2D eigenvalue weighted by Gasteiger charge is 2.19. The van der Waals surface area contributed by atoms with Gasteiger partial charge in [-0.3, -0.25) is 0 Å². The lowest BCUT2D eigenvalue weighted by molar-refractivity contribution is 0.596. The van der Waals surface area contributed by atoms with Crippen LogP contribution >= 0.6 is 0 Å². The summed E-state index contributed by atoms with van der Waals surface area (Å²) in [6, 6.07) is 54.6. The number of rotatable bonds is 15. The second-order valence-corrected chi connectivity index (χ2v) is 24.8. The second-order valence-electron chi connectivity index (χ2n) is 20.2. The Balaban J connectivity index is 0.000000142. The monoisotopic (exact) mass is 1200 g/mol. The zero-order valence-electron chi connectivity index (χ0n) is 45.6. The van der Waals surface area contributed by atoms with Crippen molar-refractivity contribution in [3.63, 3.8) is 0 Å². The molecule has 85 heavy (non-hydrogen) atoms. The molecule has 12 rings (SSSR count). The maximum absolute atomic E-state index is 13.8. The SMILES string of the molecule is Cc1cc(F)cc(CCc2nc3ccc(-c4ccccc4S(N)(=O)=O)cc3[nH]2)c1.NS(=O)(=O)c1ccccc1-c1ccc2nc(CCc3ccc(F)cc3)[nH]c2c1.NS(=O)(=O)c1ccccc1-c1ccc2nc(CCc3ccccc3F)[nH]c2c1. The van der Waals surface area contributed by atoms with Gasteiger partial charge in [0.2, 0.25) is 30.1 Å². The number of sulfonamides is 3. The molecule has 3 heterocycles. The van der Waals surface area contributed by atoms with E-state index in [2.05, 4.69) is 29.9 Å². The molecular formula is C64H56F3N9O6S3. The summed E-state index contributed by atoms with van der Waals surface area (Å²) >= 11 is 0. The molecule has 432 valence electrons. The summed E-state index contributed by atoms with van der Waals surface area (Å²) in [4.78, 5) is 23.8. The first kappa shape index (κ1) is 59.1. The number of nitrogens with one attached hydrogen (secondary N) is 3. The van der Waals surface area contributed by atoms with Gasteiger partial charge in [0, 0.05) is 36.0 Å². The summed E-state index contributed by atoms with van der Waals surface area (Å²) < 4.78 is 112. The summed E-state index contributed by atoms with van der Waals surface area (Å²) in [5.41, 5.74) is 12.1. The number of hydrogen-bond acceptors (Lipinski definition) is 9. The lowest BCUT2D eigenvalue weighted by atomic mass is 10.1. The number of hydrogen-bond donors (Lipinski definition) is 6. The normalized spacial score (nSPS) is 11.8. The Bertz CT molecular complexity index is 4760. The topological polar surface area (TPSA) is 267 Å². The van der Waals surface area contributed by atoms with Crippen LogP contribution in [0.2, 0.25) is 0 Å². The van der Waals surface area contributed by atoms with Crippen molar-refractivity contribution in [3.8, 4) is 33.4 Å². The molecule has 0 atom stereocenters. The Hall–Kier alpha value is -9.09. The van der Waals surface area contributed by atoms with E-state index in [4.69, 9.17) is 15.4 Å². The number of fused-ring (bicyclic) bond motifs is 3. The third kappa shape index (κ3) is 14.6. The van der Waals surface area contributed by atoms with E-state index in [1.54, 1.807) is 78.9 Å². The van der Waals surface area contributed by atoms with E-state index in [1.807, 2.05) is 73.7 Å². The zero-order chi connectivity index (χ0) is 60.0. The van der Waals surface area contributed by atoms with Crippen molar-refractivity contribution >= 4 is 63.2 Å². The van der Waals surface area contributed by atoms with E-state index in [0.29, 0.717) is 54.4 Å². The molecule has 0 aliphatic carbocycles. The molecule has 0 bridgehead atoms. The smallest absolute Gasteiger partial charge is 0.238 e. The van der Waals surface area contributed by atoms with Gasteiger partial charge in [-0.1, -0.05) is 109 Å². The van der Waals surface area contributed by atoms with Crippen LogP contribution < -0.4 is 15.4 Å². The number of aromatic nitrogens is 6. The lowest BCUT2D eigenvalue weighted by Crippen LogP contribution is -2.13. The standard InChI is InChI=1S/C22H20FN3O2S.2C21H18FN3O2S/c1-14-10-15(12-17(23)11-14)6-9-22-25-19-8-7-16(13-20(19)26-22)18-4-2-3-5-21(18)29(24,27)28;22-17-7-3-1-5-14(17)10-12-21-24-18-11-9-15(13-19(18)25-21)16-6-2-4-8-20(16)28(23,26)27;22-16-9-5-14(6-10-16)7-12-21-24-18-11-8-15(13-19(18)25-21)17-3-1-2-4-20(17)28(23,26)27/h2-5,7-8,10-13H,6,9H2,1H3,(H,25,26)(H2,24,27,28);1-9,11,13H,10,12H2,(H,24,25)(H2,23,26,27);1-6,8-11,13H,7,12H2,(H,24,25)(H2,23,26,27). The number of aryl methyl sites for hydroxylation is 7. The van der Waals surface area contributed by atoms with E-state index < -0.39 is 30.1 Å². The minimum absolute atomic E-state index is 0.0774. The second kappa shape index (κ2) is 25.0. The Kier molecular flexibility index (Phi) is 17.4. The summed E-state index contributed by atoms with van der Waals surface area (Å²) in [5.74, 6) is 1.65. The molecule has 21 heteroatoms. The van der Waals surface area contributed by atoms with Gasteiger partial charge in [-0.05, 0) is 150 Å². The van der Waals surface area contributed by atoms with Gasteiger partial charge in [0.15, 0.2) is 0 Å². The number of nitrogens with zero attached hydrogens (tertiary/aromatic N) is 3. The van der Waals surface area contributed by atoms with Crippen LogP contribution in [0.3, 0.4) is 0 Å². The predicted molar refractivity (Wildman–Crippen MR) is 325 cm³/mol. The first-order valence-electron chi connectivity index (χ1n) is 26.7. The van der Waals surface area contributed by atoms with Crippen molar-refractivity contribution in [1.82, 2.24) is 29.9 Å². The van der Waals surface area contributed by atoms with Crippen molar-refractivity contribution in [1.29, 1.82) is 0 Å². The fourth-order valence-electron chi connectivity index (χ4n) is 9.99. The molecule has 0 fully saturated rings. The van der Waals surface area contributed by atoms with Crippen LogP contribution in [0.25, 0.3) is 66.5 Å². The van der Waals surface area contributed by atoms with Gasteiger partial charge >= 0.3 is 0 Å². The van der Waals surface area contributed by atoms with Crippen molar-refractivity contribution in [2.75, 3.05) is 0 Å². The molecule has 0 saturated heterocycles. The number of imidazole rings is 3. The fourth-order valence-corrected chi connectivity index (χ4v) is 12.3. The molecule has 0 aliphatic heterocycles. The highest BCUT2D eigenvalue weighted by atomic mass is 32.2. The van der Waals surface area contributed by atoms with Crippen LogP contribution in [-0.2, 0) is 68.6 Å². The molecule has 0 amide bonds. The van der Waals surface area contributed by atoms with Gasteiger partial charge in [0.25, 0.3) is 0 Å². The van der Waals surface area contributed by atoms with E-state index in [-0.39, 0.29) is 32.1 Å². The summed E-state index contributed by atoms with van der Waals surface area (Å²) in [7, 11) is -11.5. The van der Waals surface area contributed by atoms with E-state index in [0.717, 1.165) is 90.4 Å². The van der Waals surface area contributed by atoms with Crippen LogP contribution in [0.15, 0.2) is 209 Å². The molecule has 0 radical (unpaired) electrons. The number of primary sulfonamides is 3. The van der Waals surface area contributed by atoms with Crippen LogP contribution in [0.5, 0.6) is 0 Å². The Labute approximate surface area is 489 Å². The summed E-state index contributed by atoms with van der Waals surface area (Å²) in [5, 5.41) is 16.0. The molecule has 3 aromatic heterocycles. The minimum Gasteiger partial charge on any atom is -0.342 e. The number of benzene rings is 9. The fraction of sp³-hybridized carbons (Fsp3) is 0.109. The number of aromatic amines is 3. The number of nitrogens with two attached hydrogens (primary N) is 3. The highest BCUT2D eigenvalue weighted by molar-refractivity contribution is 7.89. The third-order valence-electron chi connectivity index (χ3n) is 14.0. The molecule has 0 aliphatic rings. The largest absolute Gasteiger partial charge is 0.342 e. The predicted octanol–water partition coefficient (Wildman–Crippen LogP) is 11.7. The lowest BCUT2D eigenvalue weighted by Gasteiger charge is -2.07. The highest BCUT2D eigenvalue weighted by Crippen LogP contribution is 2.32. The van der Waals surface area contributed by atoms with Crippen molar-refractivity contribution in [3.05, 3.63) is 251 Å². The van der Waals surface area contributed by atoms with Crippen LogP contribution in [-0.4, -0.2) is 55.2 Å². The van der Waals surface area contributed by atoms with Gasteiger partial charge < -0.3 is 15.0 Å². The molecule has 9 N–H and O–H groups in total. The molecule has 0 saturated carbocycles. The zero-order valence-corrected chi connectivity index (χ0v) is 48.0. The average molecular weight is 1200 g/mol. The molecular weight excluding hydrogens is 1140 g/mol. The quantitative estimate of drug-likeness (QED) is 0.0569. The van der Waals surface area contributed by atoms with E-state index in [1.165, 1.54) is 48.5 Å². The Morgan fingerprint density at radius 2 is 0.753 bits per heavy atom. The first-order valence-corrected chi connectivity index (χ1v) is 31.3. The molecule has 0 unspecified atom stereocenters. The number of halogens is 3. The van der Waals surface area contributed by atoms with E-state index in [9.17, 15) is 38.4 Å². The summed E-state index contributed by atoms with van der Waals surface area (Å²) in [6.07, 6.45) is 3.83. The van der Waals surface area contributed by atoms with Gasteiger partial charge in [-0.2, -0.15) is 0 Å². The molecule has 12 aromatic rings. The molecule has 9 aromatic carbocycles. The van der Waals surface area contributed by atoms with Gasteiger partial charge in [0.05, 0.1) is 47.8 Å². The van der Waals surface area contributed by atoms with Crippen molar-refractivity contribution in [2.45, 2.75) is 60.1 Å². The van der Waals surface area contributed by atoms with Crippen molar-refractivity contribution in [2.24, 2.45) is 15.4 Å². The summed E-state index contributed by atoms with van der Waals surface area (Å²) in [6.45, 7) is 1.87.